The summed E-state index contributed by atoms with van der Waals surface area (Å²) in [6.07, 6.45) is 0.914. The van der Waals surface area contributed by atoms with Gasteiger partial charge in [0.25, 0.3) is 5.91 Å². The summed E-state index contributed by atoms with van der Waals surface area (Å²) < 4.78 is 17.9. The van der Waals surface area contributed by atoms with Gasteiger partial charge in [0.05, 0.1) is 19.3 Å². The number of rotatable bonds is 2. The minimum atomic E-state index is -0.820. The van der Waals surface area contributed by atoms with E-state index in [4.69, 9.17) is 14.2 Å². The Morgan fingerprint density at radius 3 is 2.80 bits per heavy atom. The molecule has 2 aromatic rings. The minimum absolute atomic E-state index is 0.0890. The maximum atomic E-state index is 13.0. The first-order valence-corrected chi connectivity index (χ1v) is 7.87. The molecule has 0 aliphatic carbocycles. The monoisotopic (exact) mass is 343 g/mol. The Morgan fingerprint density at radius 2 is 2.04 bits per heavy atom. The number of esters is 1. The SMILES string of the molecule is COC(=O)C1c2cn(C)nc2CN1C(=O)C1COc2ccccc2O1. The molecule has 0 radical (unpaired) electrons. The molecule has 3 heterocycles. The van der Waals surface area contributed by atoms with E-state index >= 15 is 0 Å². The highest BCUT2D eigenvalue weighted by molar-refractivity contribution is 5.89. The largest absolute Gasteiger partial charge is 0.485 e. The molecule has 130 valence electrons. The topological polar surface area (TPSA) is 82.9 Å². The van der Waals surface area contributed by atoms with Crippen LogP contribution in [0.2, 0.25) is 0 Å². The third-order valence-electron chi connectivity index (χ3n) is 4.36. The van der Waals surface area contributed by atoms with Crippen LogP contribution >= 0.6 is 0 Å². The molecule has 0 N–H and O–H groups in total. The van der Waals surface area contributed by atoms with Crippen LogP contribution in [0.3, 0.4) is 0 Å². The summed E-state index contributed by atoms with van der Waals surface area (Å²) in [5, 5.41) is 4.31. The molecule has 1 aromatic carbocycles. The molecule has 2 aliphatic heterocycles. The van der Waals surface area contributed by atoms with Gasteiger partial charge in [-0.25, -0.2) is 4.79 Å². The lowest BCUT2D eigenvalue weighted by molar-refractivity contribution is -0.156. The molecule has 25 heavy (non-hydrogen) atoms. The van der Waals surface area contributed by atoms with E-state index < -0.39 is 18.1 Å². The Kier molecular flexibility index (Phi) is 3.60. The summed E-state index contributed by atoms with van der Waals surface area (Å²) in [5.74, 6) is 0.281. The van der Waals surface area contributed by atoms with Gasteiger partial charge in [0.1, 0.15) is 6.61 Å². The first-order valence-electron chi connectivity index (χ1n) is 7.87. The zero-order valence-electron chi connectivity index (χ0n) is 13.8. The Balaban J connectivity index is 1.60. The Bertz CT molecular complexity index is 847. The second-order valence-corrected chi connectivity index (χ2v) is 5.96. The summed E-state index contributed by atoms with van der Waals surface area (Å²) in [5.41, 5.74) is 1.36. The highest BCUT2D eigenvalue weighted by Gasteiger charge is 2.44. The number of ether oxygens (including phenoxy) is 3. The zero-order chi connectivity index (χ0) is 17.6. The fraction of sp³-hybridized carbons (Fsp3) is 0.353. The molecule has 8 heteroatoms. The molecular formula is C17H17N3O5. The highest BCUT2D eigenvalue weighted by atomic mass is 16.6. The fourth-order valence-electron chi connectivity index (χ4n) is 3.22. The predicted molar refractivity (Wildman–Crippen MR) is 84.9 cm³/mol. The third-order valence-corrected chi connectivity index (χ3v) is 4.36. The van der Waals surface area contributed by atoms with E-state index in [2.05, 4.69) is 5.10 Å². The lowest BCUT2D eigenvalue weighted by atomic mass is 10.1. The van der Waals surface area contributed by atoms with E-state index in [0.717, 1.165) is 0 Å². The molecule has 0 saturated heterocycles. The standard InChI is InChI=1S/C17H17N3O5/c1-19-7-10-11(18-19)8-20(15(10)17(22)23-2)16(21)14-9-24-12-5-3-4-6-13(12)25-14/h3-7,14-15H,8-9H2,1-2H3. The number of carbonyl (C=O) groups is 2. The third kappa shape index (κ3) is 2.50. The van der Waals surface area contributed by atoms with Crippen LogP contribution in [-0.4, -0.2) is 46.4 Å². The average molecular weight is 343 g/mol. The van der Waals surface area contributed by atoms with Gasteiger partial charge >= 0.3 is 5.97 Å². The van der Waals surface area contributed by atoms with Crippen molar-refractivity contribution in [3.63, 3.8) is 0 Å². The van der Waals surface area contributed by atoms with Crippen molar-refractivity contribution in [3.8, 4) is 11.5 Å². The van der Waals surface area contributed by atoms with Gasteiger partial charge in [-0.05, 0) is 12.1 Å². The number of hydrogen-bond donors (Lipinski definition) is 0. The van der Waals surface area contributed by atoms with Crippen molar-refractivity contribution in [1.29, 1.82) is 0 Å². The minimum Gasteiger partial charge on any atom is -0.485 e. The second-order valence-electron chi connectivity index (χ2n) is 5.96. The van der Waals surface area contributed by atoms with Crippen LogP contribution in [0.1, 0.15) is 17.3 Å². The van der Waals surface area contributed by atoms with Crippen molar-refractivity contribution < 1.29 is 23.8 Å². The quantitative estimate of drug-likeness (QED) is 0.751. The molecule has 0 spiro atoms. The fourth-order valence-corrected chi connectivity index (χ4v) is 3.22. The van der Waals surface area contributed by atoms with E-state index in [-0.39, 0.29) is 19.1 Å². The number of amides is 1. The summed E-state index contributed by atoms with van der Waals surface area (Å²) in [4.78, 5) is 26.7. The van der Waals surface area contributed by atoms with Gasteiger partial charge < -0.3 is 19.1 Å². The van der Waals surface area contributed by atoms with Crippen LogP contribution in [-0.2, 0) is 27.9 Å². The van der Waals surface area contributed by atoms with Gasteiger partial charge in [0.2, 0.25) is 6.10 Å². The number of para-hydroxylation sites is 2. The summed E-state index contributed by atoms with van der Waals surface area (Å²) in [6, 6.07) is 6.35. The first kappa shape index (κ1) is 15.5. The van der Waals surface area contributed by atoms with Gasteiger partial charge in [-0.15, -0.1) is 0 Å². The first-order chi connectivity index (χ1) is 12.1. The Morgan fingerprint density at radius 1 is 1.28 bits per heavy atom. The number of aryl methyl sites for hydroxylation is 1. The lowest BCUT2D eigenvalue weighted by Crippen LogP contribution is -2.47. The summed E-state index contributed by atoms with van der Waals surface area (Å²) in [7, 11) is 3.07. The van der Waals surface area contributed by atoms with E-state index in [0.29, 0.717) is 22.8 Å². The number of hydrogen-bond acceptors (Lipinski definition) is 6. The molecule has 2 aliphatic rings. The van der Waals surface area contributed by atoms with Crippen LogP contribution in [0, 0.1) is 0 Å². The Labute approximate surface area is 143 Å². The van der Waals surface area contributed by atoms with Crippen molar-refractivity contribution in [3.05, 3.63) is 41.7 Å². The van der Waals surface area contributed by atoms with Crippen LogP contribution in [0.25, 0.3) is 0 Å². The Hall–Kier alpha value is -3.03. The average Bonchev–Trinajstić information content (AvgIpc) is 3.15. The molecule has 8 nitrogen and oxygen atoms in total. The van der Waals surface area contributed by atoms with E-state index in [9.17, 15) is 9.59 Å². The zero-order valence-corrected chi connectivity index (χ0v) is 13.8. The molecular weight excluding hydrogens is 326 g/mol. The van der Waals surface area contributed by atoms with Crippen LogP contribution in [0.4, 0.5) is 0 Å². The van der Waals surface area contributed by atoms with E-state index in [1.165, 1.54) is 12.0 Å². The number of fused-ring (bicyclic) bond motifs is 2. The molecule has 0 fully saturated rings. The molecule has 2 unspecified atom stereocenters. The molecule has 2 atom stereocenters. The predicted octanol–water partition coefficient (Wildman–Crippen LogP) is 0.816. The van der Waals surface area contributed by atoms with E-state index in [1.807, 2.05) is 12.1 Å². The van der Waals surface area contributed by atoms with Crippen molar-refractivity contribution in [1.82, 2.24) is 14.7 Å². The van der Waals surface area contributed by atoms with Gasteiger partial charge in [-0.1, -0.05) is 12.1 Å². The van der Waals surface area contributed by atoms with Crippen LogP contribution in [0.15, 0.2) is 30.5 Å². The number of carbonyl (C=O) groups excluding carboxylic acids is 2. The van der Waals surface area contributed by atoms with E-state index in [1.54, 1.807) is 30.1 Å². The second kappa shape index (κ2) is 5.80. The highest BCUT2D eigenvalue weighted by Crippen LogP contribution is 2.36. The molecule has 0 bridgehead atoms. The van der Waals surface area contributed by atoms with Crippen LogP contribution in [0.5, 0.6) is 11.5 Å². The van der Waals surface area contributed by atoms with Gasteiger partial charge in [-0.2, -0.15) is 5.10 Å². The van der Waals surface area contributed by atoms with Crippen LogP contribution < -0.4 is 9.47 Å². The lowest BCUT2D eigenvalue weighted by Gasteiger charge is -2.30. The molecule has 0 saturated carbocycles. The molecule has 1 aromatic heterocycles. The van der Waals surface area contributed by atoms with Gasteiger partial charge in [-0.3, -0.25) is 9.48 Å². The maximum Gasteiger partial charge on any atom is 0.333 e. The van der Waals surface area contributed by atoms with Crippen molar-refractivity contribution >= 4 is 11.9 Å². The van der Waals surface area contributed by atoms with Crippen molar-refractivity contribution in [2.24, 2.45) is 7.05 Å². The van der Waals surface area contributed by atoms with Gasteiger partial charge in [0.15, 0.2) is 17.5 Å². The van der Waals surface area contributed by atoms with Crippen molar-refractivity contribution in [2.75, 3.05) is 13.7 Å². The summed E-state index contributed by atoms with van der Waals surface area (Å²) >= 11 is 0. The maximum absolute atomic E-state index is 13.0. The number of aromatic nitrogens is 2. The van der Waals surface area contributed by atoms with Gasteiger partial charge in [0, 0.05) is 18.8 Å². The normalized spacial score (nSPS) is 21.0. The molecule has 1 amide bonds. The number of nitrogens with zero attached hydrogens (tertiary/aromatic N) is 3. The summed E-state index contributed by atoms with van der Waals surface area (Å²) in [6.45, 7) is 0.321. The van der Waals surface area contributed by atoms with Crippen molar-refractivity contribution in [2.45, 2.75) is 18.7 Å². The number of benzene rings is 1. The smallest absolute Gasteiger partial charge is 0.333 e. The molecule has 4 rings (SSSR count). The number of methoxy groups -OCH3 is 1.